The van der Waals surface area contributed by atoms with Gasteiger partial charge >= 0.3 is 0 Å². The first-order chi connectivity index (χ1) is 58.1. The fourth-order valence-electron chi connectivity index (χ4n) is 15.3. The maximum atomic E-state index is 14.9. The van der Waals surface area contributed by atoms with E-state index in [1.807, 2.05) is 76.4 Å². The molecule has 8 heterocycles. The van der Waals surface area contributed by atoms with Crippen molar-refractivity contribution in [3.63, 3.8) is 0 Å². The molecule has 0 saturated carbocycles. The maximum Gasteiger partial charge on any atom is 0.170 e. The zero-order valence-corrected chi connectivity index (χ0v) is 78.3. The molecular weight excluding hydrogens is 1610 g/mol. The number of nitrogens with zero attached hydrogens (tertiary/aromatic N) is 14. The highest BCUT2D eigenvalue weighted by Crippen LogP contribution is 2.39. The number of benzene rings is 6. The van der Waals surface area contributed by atoms with Crippen LogP contribution in [0.25, 0.3) is 101 Å². The first-order valence-electron chi connectivity index (χ1n) is 42.9. The van der Waals surface area contributed by atoms with Gasteiger partial charge in [0, 0.05) is 119 Å². The van der Waals surface area contributed by atoms with E-state index >= 15 is 0 Å². The summed E-state index contributed by atoms with van der Waals surface area (Å²) in [6.45, 7) is 46.5. The summed E-state index contributed by atoms with van der Waals surface area (Å²) in [7, 11) is -5.00. The summed E-state index contributed by atoms with van der Waals surface area (Å²) in [4.78, 5) is 33.9. The average Bonchev–Trinajstić information content (AvgIpc) is 1.61. The Hall–Kier alpha value is -9.77. The Morgan fingerprint density at radius 1 is 0.533 bits per heavy atom. The van der Waals surface area contributed by atoms with Crippen LogP contribution in [0.2, 0.25) is 103 Å². The number of phenols is 1. The molecule has 29 heteroatoms. The largest absolute Gasteiger partial charge is 0.505 e. The topological polar surface area (TPSA) is 257 Å². The maximum absolute atomic E-state index is 14.9. The monoisotopic (exact) mass is 1730 g/mol. The summed E-state index contributed by atoms with van der Waals surface area (Å²) < 4.78 is 75.9. The van der Waals surface area contributed by atoms with Crippen molar-refractivity contribution in [2.45, 2.75) is 209 Å². The molecule has 2 fully saturated rings. The van der Waals surface area contributed by atoms with Gasteiger partial charge in [0.2, 0.25) is 0 Å². The first-order valence-corrected chi connectivity index (χ1v) is 57.7. The zero-order valence-electron chi connectivity index (χ0n) is 74.3. The molecule has 646 valence electrons. The molecule has 6 aromatic heterocycles. The van der Waals surface area contributed by atoms with Gasteiger partial charge in [-0.05, 0) is 205 Å². The lowest BCUT2D eigenvalue weighted by atomic mass is 9.95. The van der Waals surface area contributed by atoms with Crippen molar-refractivity contribution in [1.29, 1.82) is 10.5 Å². The van der Waals surface area contributed by atoms with Gasteiger partial charge in [0.25, 0.3) is 0 Å². The molecule has 6 aromatic carbocycles. The highest BCUT2D eigenvalue weighted by Gasteiger charge is 2.29. The molecule has 12 aromatic rings. The van der Waals surface area contributed by atoms with Gasteiger partial charge in [-0.25, -0.2) is 37.5 Å². The van der Waals surface area contributed by atoms with Crippen LogP contribution in [0.1, 0.15) is 83.3 Å². The second-order valence-electron chi connectivity index (χ2n) is 37.5. The number of halogens is 3. The van der Waals surface area contributed by atoms with Crippen LogP contribution in [0.15, 0.2) is 110 Å². The van der Waals surface area contributed by atoms with E-state index in [1.165, 1.54) is 12.1 Å². The van der Waals surface area contributed by atoms with Gasteiger partial charge in [-0.2, -0.15) is 25.8 Å². The Balaban J connectivity index is 0.000000170. The van der Waals surface area contributed by atoms with Crippen molar-refractivity contribution < 1.29 is 42.0 Å². The highest BCUT2D eigenvalue weighted by molar-refractivity contribution is 6.77. The van der Waals surface area contributed by atoms with Gasteiger partial charge in [0.1, 0.15) is 61.3 Å². The van der Waals surface area contributed by atoms with Gasteiger partial charge in [0.15, 0.2) is 35.3 Å². The minimum Gasteiger partial charge on any atom is -0.505 e. The summed E-state index contributed by atoms with van der Waals surface area (Å²) in [5, 5.41) is 48.6. The molecular formula is C93H121F3N16O6Si4. The van der Waals surface area contributed by atoms with Crippen LogP contribution in [-0.2, 0) is 78.2 Å². The van der Waals surface area contributed by atoms with Crippen molar-refractivity contribution in [3.05, 3.63) is 172 Å². The summed E-state index contributed by atoms with van der Waals surface area (Å²) >= 11 is 0. The van der Waals surface area contributed by atoms with Gasteiger partial charge in [-0.15, -0.1) is 0 Å². The van der Waals surface area contributed by atoms with E-state index in [0.29, 0.717) is 87.0 Å². The first kappa shape index (κ1) is 91.4. The van der Waals surface area contributed by atoms with Crippen molar-refractivity contribution in [2.24, 2.45) is 11.8 Å². The van der Waals surface area contributed by atoms with E-state index in [9.17, 15) is 28.3 Å². The van der Waals surface area contributed by atoms with Crippen molar-refractivity contribution in [3.8, 4) is 85.8 Å². The van der Waals surface area contributed by atoms with E-state index in [0.717, 1.165) is 200 Å². The standard InChI is InChI=1S/C37H53FN6O2Si2.C32H45FN4O3Si2.C24H23FN6O/c1-9-29-18-27(2)34(38)20-33(29)30-10-11-32-35(19-30)44(26-46-15-17-48(6,7)8)41-36(32)37-40-31(23-42-13-12-28(21-39)22-42)24-43(37)25-45-14-16-47(3,4)5;1-9-24-16-23(2)29(33)18-28(24)25-10-11-27-30(17-25)37(22-40-13-15-42(6,7)8)35-31(27)32-34-26(20-38)19-36(32)21-39-12-14-41(3,4)5;1-2-15-8-22(32)20(25)9-19(15)16-3-4-18-21(7-16)29-30-23(18)24-27-11-17(28-24)13-31-6-5-14(10-26)12-31/h10-11,18-20,24,28H,9,12-17,22-23,25-26H2,1-8H3;10-11,16-20H,9,12-15,21-22H2,1-8H3;3-4,7-9,11,14,32H,2,5-6,12-13H2,1H3,(H,27,28)(H,29,30). The Labute approximate surface area is 719 Å². The van der Waals surface area contributed by atoms with Crippen LogP contribution < -0.4 is 0 Å². The van der Waals surface area contributed by atoms with Crippen LogP contribution in [0.3, 0.4) is 0 Å². The summed E-state index contributed by atoms with van der Waals surface area (Å²) in [6.07, 6.45) is 10.4. The number of rotatable bonds is 34. The van der Waals surface area contributed by atoms with E-state index in [4.69, 9.17) is 39.4 Å². The number of imidazole rings is 3. The van der Waals surface area contributed by atoms with Gasteiger partial charge in [0.05, 0.1) is 52.4 Å². The molecule has 0 radical (unpaired) electrons. The second kappa shape index (κ2) is 39.8. The third-order valence-electron chi connectivity index (χ3n) is 22.7. The summed E-state index contributed by atoms with van der Waals surface area (Å²) in [5.74, 6) is 0.796. The summed E-state index contributed by atoms with van der Waals surface area (Å²) in [6, 6.07) is 37.2. The predicted octanol–water partition coefficient (Wildman–Crippen LogP) is 20.9. The number of nitrogens with one attached hydrogen (secondary N) is 2. The Bertz CT molecular complexity index is 5750. The molecule has 122 heavy (non-hydrogen) atoms. The second-order valence-corrected chi connectivity index (χ2v) is 60.0. The van der Waals surface area contributed by atoms with E-state index in [1.54, 1.807) is 25.3 Å². The molecule has 2 aliphatic rings. The summed E-state index contributed by atoms with van der Waals surface area (Å²) in [5.41, 5.74) is 16.6. The number of aldehydes is 1. The normalized spacial score (nSPS) is 14.9. The molecule has 2 unspecified atom stereocenters. The smallest absolute Gasteiger partial charge is 0.170 e. The van der Waals surface area contributed by atoms with Crippen LogP contribution in [0, 0.1) is 65.8 Å². The Morgan fingerprint density at radius 3 is 1.43 bits per heavy atom. The number of aromatic hydroxyl groups is 1. The Kier molecular flexibility index (Phi) is 29.8. The highest BCUT2D eigenvalue weighted by atomic mass is 28.3. The third-order valence-corrected chi connectivity index (χ3v) is 29.5. The number of hydrogen-bond donors (Lipinski definition) is 3. The Morgan fingerprint density at radius 2 is 0.967 bits per heavy atom. The number of fused-ring (bicyclic) bond motifs is 3. The number of carbonyl (C=O) groups is 1. The average molecular weight is 1730 g/mol. The van der Waals surface area contributed by atoms with E-state index in [-0.39, 0.29) is 42.7 Å². The number of aromatic amines is 2. The molecule has 2 saturated heterocycles. The quantitative estimate of drug-likeness (QED) is 0.0192. The van der Waals surface area contributed by atoms with Gasteiger partial charge < -0.3 is 38.2 Å². The lowest BCUT2D eigenvalue weighted by Crippen LogP contribution is -2.22. The lowest BCUT2D eigenvalue weighted by molar-refractivity contribution is 0.0815. The lowest BCUT2D eigenvalue weighted by Gasteiger charge is -2.16. The number of carbonyl (C=O) groups excluding carboxylic acids is 1. The van der Waals surface area contributed by atoms with Crippen LogP contribution in [0.5, 0.6) is 5.75 Å². The minimum atomic E-state index is -1.26. The molecule has 3 N–H and O–H groups in total. The third kappa shape index (κ3) is 23.4. The molecule has 2 aliphatic heterocycles. The molecule has 14 rings (SSSR count). The van der Waals surface area contributed by atoms with Crippen LogP contribution in [0.4, 0.5) is 13.2 Å². The van der Waals surface area contributed by atoms with E-state index in [2.05, 4.69) is 175 Å². The number of H-pyrrole nitrogens is 2. The van der Waals surface area contributed by atoms with Crippen LogP contribution >= 0.6 is 0 Å². The predicted molar refractivity (Wildman–Crippen MR) is 491 cm³/mol. The number of likely N-dealkylation sites (tertiary alicyclic amines) is 2. The molecule has 0 spiro atoms. The number of hydrogen-bond acceptors (Lipinski definition) is 16. The molecule has 22 nitrogen and oxygen atoms in total. The fraction of sp³-hybridized carbons (Fsp3) is 0.452. The number of phenolic OH excluding ortho intramolecular Hbond substituents is 1. The van der Waals surface area contributed by atoms with Gasteiger partial charge in [-0.1, -0.05) is 130 Å². The minimum absolute atomic E-state index is 0.0708. The fourth-order valence-corrected chi connectivity index (χ4v) is 18.3. The molecule has 0 amide bonds. The molecule has 0 bridgehead atoms. The number of ether oxygens (including phenoxy) is 4. The van der Waals surface area contributed by atoms with Crippen molar-refractivity contribution >= 4 is 71.3 Å². The zero-order chi connectivity index (χ0) is 87.5. The SMILES string of the molecule is CCc1cc(C)c(F)cc1-c1ccc2c(-c3nc(C=O)cn3COCC[Si](C)(C)C)nn(COCC[Si](C)(C)C)c2c1.CCc1cc(C)c(F)cc1-c1ccc2c(-c3nc(CN4CCC(C#N)C4)cn3COCC[Si](C)(C)C)nn(COCC[Si](C)(C)C)c2c1.CCc1cc(O)c(F)cc1-c1ccc2c(-c3ncc(CN4CCC(C#N)C4)[nH]3)n[nH]c2c1. The molecule has 0 aliphatic carbocycles. The van der Waals surface area contributed by atoms with Crippen molar-refractivity contribution in [2.75, 3.05) is 52.6 Å². The van der Waals surface area contributed by atoms with Crippen molar-refractivity contribution in [1.82, 2.24) is 68.6 Å². The van der Waals surface area contributed by atoms with Gasteiger partial charge in [-0.3, -0.25) is 19.7 Å². The number of nitriles is 2. The molecule has 2 atom stereocenters. The van der Waals surface area contributed by atoms with E-state index < -0.39 is 38.1 Å². The number of aryl methyl sites for hydroxylation is 5. The van der Waals surface area contributed by atoms with Crippen LogP contribution in [-0.4, -0.2) is 165 Å². The number of aromatic nitrogens is 12.